The van der Waals surface area contributed by atoms with E-state index in [1.54, 1.807) is 0 Å². The van der Waals surface area contributed by atoms with Gasteiger partial charge in [0.05, 0.1) is 18.7 Å². The Morgan fingerprint density at radius 3 is 2.55 bits per heavy atom. The van der Waals surface area contributed by atoms with Gasteiger partial charge in [0.15, 0.2) is 0 Å². The number of nitrogens with zero attached hydrogens (tertiary/aromatic N) is 2. The Balaban J connectivity index is 1.56. The summed E-state index contributed by atoms with van der Waals surface area (Å²) in [6.45, 7) is 1.23. The van der Waals surface area contributed by atoms with Crippen LogP contribution in [0.3, 0.4) is 0 Å². The maximum atomic E-state index is 12.3. The number of hydrogen-bond donors (Lipinski definition) is 2. The first kappa shape index (κ1) is 13.8. The lowest BCUT2D eigenvalue weighted by atomic mass is 9.62. The number of rotatable bonds is 3. The highest BCUT2D eigenvalue weighted by molar-refractivity contribution is 5.79. The van der Waals surface area contributed by atoms with Gasteiger partial charge < -0.3 is 11.1 Å². The fraction of sp³-hybridized carbons (Fsp3) is 0.867. The van der Waals surface area contributed by atoms with Crippen LogP contribution >= 0.6 is 0 Å². The van der Waals surface area contributed by atoms with Gasteiger partial charge in [-0.3, -0.25) is 9.69 Å². The van der Waals surface area contributed by atoms with Gasteiger partial charge >= 0.3 is 0 Å². The van der Waals surface area contributed by atoms with Crippen LogP contribution < -0.4 is 11.1 Å². The SMILES string of the molecule is N#C[C@@H]1CCCN1CC(=O)NC12CCC(N)(CC1)CC2. The van der Waals surface area contributed by atoms with Crippen LogP contribution in [0.15, 0.2) is 0 Å². The van der Waals surface area contributed by atoms with Crippen molar-refractivity contribution >= 4 is 5.91 Å². The molecule has 1 amide bonds. The molecule has 0 aromatic heterocycles. The van der Waals surface area contributed by atoms with Crippen LogP contribution in [0.2, 0.25) is 0 Å². The molecule has 110 valence electrons. The van der Waals surface area contributed by atoms with Crippen molar-refractivity contribution in [3.63, 3.8) is 0 Å². The quantitative estimate of drug-likeness (QED) is 0.802. The van der Waals surface area contributed by atoms with E-state index < -0.39 is 0 Å². The molecule has 4 rings (SSSR count). The Labute approximate surface area is 120 Å². The van der Waals surface area contributed by atoms with Crippen LogP contribution in [0, 0.1) is 11.3 Å². The Bertz CT molecular complexity index is 417. The summed E-state index contributed by atoms with van der Waals surface area (Å²) in [5, 5.41) is 12.3. The molecule has 20 heavy (non-hydrogen) atoms. The monoisotopic (exact) mass is 276 g/mol. The summed E-state index contributed by atoms with van der Waals surface area (Å²) in [4.78, 5) is 14.3. The molecule has 3 aliphatic carbocycles. The maximum absolute atomic E-state index is 12.3. The molecule has 0 radical (unpaired) electrons. The Morgan fingerprint density at radius 2 is 1.95 bits per heavy atom. The van der Waals surface area contributed by atoms with Gasteiger partial charge in [-0.15, -0.1) is 0 Å². The number of likely N-dealkylation sites (tertiary alicyclic amines) is 1. The van der Waals surface area contributed by atoms with E-state index in [9.17, 15) is 4.79 Å². The Kier molecular flexibility index (Phi) is 3.47. The van der Waals surface area contributed by atoms with Crippen LogP contribution in [0.4, 0.5) is 0 Å². The molecule has 0 spiro atoms. The standard InChI is InChI=1S/C15H24N4O/c16-10-12-2-1-9-19(12)11-13(20)18-15-6-3-14(17,4-7-15)5-8-15/h12H,1-9,11,17H2,(H,18,20)/t12-,14?,15?/m0/s1. The van der Waals surface area contributed by atoms with Gasteiger partial charge in [0.1, 0.15) is 0 Å². The molecule has 1 aliphatic heterocycles. The van der Waals surface area contributed by atoms with Crippen molar-refractivity contribution in [1.29, 1.82) is 5.26 Å². The molecule has 3 saturated carbocycles. The van der Waals surface area contributed by atoms with Crippen molar-refractivity contribution in [3.05, 3.63) is 0 Å². The molecule has 0 aromatic carbocycles. The van der Waals surface area contributed by atoms with Gasteiger partial charge in [0.25, 0.3) is 0 Å². The van der Waals surface area contributed by atoms with Crippen molar-refractivity contribution in [1.82, 2.24) is 10.2 Å². The van der Waals surface area contributed by atoms with E-state index in [1.165, 1.54) is 0 Å². The van der Waals surface area contributed by atoms with Crippen molar-refractivity contribution in [3.8, 4) is 6.07 Å². The van der Waals surface area contributed by atoms with Gasteiger partial charge in [0.2, 0.25) is 5.91 Å². The number of nitrogens with two attached hydrogens (primary N) is 1. The van der Waals surface area contributed by atoms with Gasteiger partial charge in [-0.25, -0.2) is 0 Å². The highest BCUT2D eigenvalue weighted by atomic mass is 16.2. The fourth-order valence-electron chi connectivity index (χ4n) is 4.08. The maximum Gasteiger partial charge on any atom is 0.234 e. The lowest BCUT2D eigenvalue weighted by Gasteiger charge is -2.52. The minimum absolute atomic E-state index is 0.0138. The van der Waals surface area contributed by atoms with E-state index in [0.717, 1.165) is 57.9 Å². The van der Waals surface area contributed by atoms with Crippen molar-refractivity contribution in [2.45, 2.75) is 68.5 Å². The van der Waals surface area contributed by atoms with Crippen LogP contribution in [-0.2, 0) is 4.79 Å². The molecule has 5 nitrogen and oxygen atoms in total. The number of nitriles is 1. The zero-order chi connectivity index (χ0) is 14.2. The summed E-state index contributed by atoms with van der Waals surface area (Å²) in [5.74, 6) is 0.0820. The molecule has 4 aliphatic rings. The van der Waals surface area contributed by atoms with E-state index in [2.05, 4.69) is 11.4 Å². The topological polar surface area (TPSA) is 82.2 Å². The van der Waals surface area contributed by atoms with Crippen LogP contribution in [0.5, 0.6) is 0 Å². The number of hydrogen-bond acceptors (Lipinski definition) is 4. The third-order valence-electron chi connectivity index (χ3n) is 5.57. The molecular weight excluding hydrogens is 252 g/mol. The largest absolute Gasteiger partial charge is 0.350 e. The molecular formula is C15H24N4O. The van der Waals surface area contributed by atoms with Gasteiger partial charge in [-0.2, -0.15) is 5.26 Å². The molecule has 1 saturated heterocycles. The summed E-state index contributed by atoms with van der Waals surface area (Å²) in [5.41, 5.74) is 6.32. The minimum atomic E-state index is -0.0762. The number of nitrogens with one attached hydrogen (secondary N) is 1. The predicted molar refractivity (Wildman–Crippen MR) is 75.7 cm³/mol. The molecule has 5 heteroatoms. The first-order valence-electron chi connectivity index (χ1n) is 7.78. The lowest BCUT2D eigenvalue weighted by molar-refractivity contribution is -0.125. The summed E-state index contributed by atoms with van der Waals surface area (Å²) >= 11 is 0. The smallest absolute Gasteiger partial charge is 0.234 e. The average Bonchev–Trinajstić information content (AvgIpc) is 2.87. The molecule has 0 aromatic rings. The molecule has 1 atom stereocenters. The van der Waals surface area contributed by atoms with Crippen molar-refractivity contribution < 1.29 is 4.79 Å². The second kappa shape index (κ2) is 5.01. The zero-order valence-corrected chi connectivity index (χ0v) is 12.0. The fourth-order valence-corrected chi connectivity index (χ4v) is 4.08. The van der Waals surface area contributed by atoms with Crippen molar-refractivity contribution in [2.75, 3.05) is 13.1 Å². The summed E-state index contributed by atoms with van der Waals surface area (Å²) in [6, 6.07) is 2.21. The minimum Gasteiger partial charge on any atom is -0.350 e. The third kappa shape index (κ3) is 2.55. The van der Waals surface area contributed by atoms with E-state index >= 15 is 0 Å². The molecule has 2 bridgehead atoms. The number of fused-ring (bicyclic) bond motifs is 3. The van der Waals surface area contributed by atoms with E-state index in [1.807, 2.05) is 4.90 Å². The summed E-state index contributed by atoms with van der Waals surface area (Å²) < 4.78 is 0. The molecule has 3 N–H and O–H groups in total. The second-order valence-corrected chi connectivity index (χ2v) is 6.95. The normalized spacial score (nSPS) is 40.5. The third-order valence-corrected chi connectivity index (χ3v) is 5.57. The van der Waals surface area contributed by atoms with Gasteiger partial charge in [-0.05, 0) is 51.4 Å². The van der Waals surface area contributed by atoms with E-state index in [-0.39, 0.29) is 23.0 Å². The predicted octanol–water partition coefficient (Wildman–Crippen LogP) is 0.895. The van der Waals surface area contributed by atoms with Crippen LogP contribution in [0.25, 0.3) is 0 Å². The first-order valence-corrected chi connectivity index (χ1v) is 7.78. The van der Waals surface area contributed by atoms with Gasteiger partial charge in [-0.1, -0.05) is 0 Å². The number of carbonyl (C=O) groups excluding carboxylic acids is 1. The highest BCUT2D eigenvalue weighted by Gasteiger charge is 2.47. The summed E-state index contributed by atoms with van der Waals surface area (Å²) in [7, 11) is 0. The second-order valence-electron chi connectivity index (χ2n) is 6.95. The molecule has 4 fully saturated rings. The first-order chi connectivity index (χ1) is 9.54. The molecule has 1 heterocycles. The Hall–Kier alpha value is -1.12. The van der Waals surface area contributed by atoms with Crippen molar-refractivity contribution in [2.24, 2.45) is 5.73 Å². The molecule has 0 unspecified atom stereocenters. The lowest BCUT2D eigenvalue weighted by Crippen LogP contribution is -2.62. The average molecular weight is 276 g/mol. The zero-order valence-electron chi connectivity index (χ0n) is 12.0. The van der Waals surface area contributed by atoms with E-state index in [4.69, 9.17) is 11.0 Å². The van der Waals surface area contributed by atoms with Gasteiger partial charge in [0, 0.05) is 17.6 Å². The van der Waals surface area contributed by atoms with Crippen LogP contribution in [-0.4, -0.2) is 41.0 Å². The number of carbonyl (C=O) groups is 1. The highest BCUT2D eigenvalue weighted by Crippen LogP contribution is 2.45. The van der Waals surface area contributed by atoms with Crippen LogP contribution in [0.1, 0.15) is 51.4 Å². The Morgan fingerprint density at radius 1 is 1.30 bits per heavy atom. The summed E-state index contributed by atoms with van der Waals surface area (Å²) in [6.07, 6.45) is 8.02. The van der Waals surface area contributed by atoms with E-state index in [0.29, 0.717) is 6.54 Å². The number of amides is 1.